The lowest BCUT2D eigenvalue weighted by Crippen LogP contribution is -2.27. The summed E-state index contributed by atoms with van der Waals surface area (Å²) in [6, 6.07) is 14.6. The Bertz CT molecular complexity index is 858. The van der Waals surface area contributed by atoms with E-state index >= 15 is 0 Å². The van der Waals surface area contributed by atoms with Crippen LogP contribution < -0.4 is 10.6 Å². The molecule has 0 aromatic heterocycles. The van der Waals surface area contributed by atoms with Crippen molar-refractivity contribution in [2.24, 2.45) is 0 Å². The van der Waals surface area contributed by atoms with Gasteiger partial charge in [-0.3, -0.25) is 14.4 Å². The quantitative estimate of drug-likeness (QED) is 0.712. The highest BCUT2D eigenvalue weighted by Gasteiger charge is 2.10. The molecule has 7 nitrogen and oxygen atoms in total. The van der Waals surface area contributed by atoms with Gasteiger partial charge in [0.25, 0.3) is 11.8 Å². The summed E-state index contributed by atoms with van der Waals surface area (Å²) in [5.41, 5.74) is 1.39. The molecule has 8 heteroatoms. The molecule has 0 saturated heterocycles. The predicted molar refractivity (Wildman–Crippen MR) is 99.1 cm³/mol. The SMILES string of the molecule is N#Cc1ccc(NC(=O)COC(=O)CCNC(=O)c2ccc(Cl)cc2)cc1. The molecule has 0 radical (unpaired) electrons. The highest BCUT2D eigenvalue weighted by Crippen LogP contribution is 2.10. The number of carbonyl (C=O) groups is 3. The number of halogens is 1. The maximum atomic E-state index is 11.9. The van der Waals surface area contributed by atoms with E-state index in [4.69, 9.17) is 21.6 Å². The minimum absolute atomic E-state index is 0.0660. The smallest absolute Gasteiger partial charge is 0.308 e. The van der Waals surface area contributed by atoms with Gasteiger partial charge in [-0.05, 0) is 48.5 Å². The molecule has 27 heavy (non-hydrogen) atoms. The fraction of sp³-hybridized carbons (Fsp3) is 0.158. The van der Waals surface area contributed by atoms with Gasteiger partial charge in [0.1, 0.15) is 0 Å². The van der Waals surface area contributed by atoms with Gasteiger partial charge in [0.15, 0.2) is 6.61 Å². The van der Waals surface area contributed by atoms with Crippen LogP contribution in [0.15, 0.2) is 48.5 Å². The third-order valence-corrected chi connectivity index (χ3v) is 3.64. The highest BCUT2D eigenvalue weighted by atomic mass is 35.5. The van der Waals surface area contributed by atoms with E-state index in [1.807, 2.05) is 6.07 Å². The third-order valence-electron chi connectivity index (χ3n) is 3.38. The van der Waals surface area contributed by atoms with Gasteiger partial charge in [0.2, 0.25) is 0 Å². The molecule has 0 unspecified atom stereocenters. The number of nitrogens with zero attached hydrogens (tertiary/aromatic N) is 1. The first kappa shape index (κ1) is 19.9. The third kappa shape index (κ3) is 6.80. The predicted octanol–water partition coefficient (Wildman–Crippen LogP) is 2.51. The number of carbonyl (C=O) groups excluding carboxylic acids is 3. The Kier molecular flexibility index (Phi) is 7.35. The van der Waals surface area contributed by atoms with Crippen molar-refractivity contribution in [1.82, 2.24) is 5.32 Å². The van der Waals surface area contributed by atoms with Crippen molar-refractivity contribution >= 4 is 35.1 Å². The van der Waals surface area contributed by atoms with Crippen LogP contribution in [0.1, 0.15) is 22.3 Å². The van der Waals surface area contributed by atoms with Gasteiger partial charge < -0.3 is 15.4 Å². The van der Waals surface area contributed by atoms with Gasteiger partial charge in [-0.2, -0.15) is 5.26 Å². The van der Waals surface area contributed by atoms with Crippen LogP contribution in [-0.4, -0.2) is 30.9 Å². The molecule has 0 spiro atoms. The average molecular weight is 386 g/mol. The fourth-order valence-electron chi connectivity index (χ4n) is 2.02. The number of nitrogens with one attached hydrogen (secondary N) is 2. The first-order chi connectivity index (χ1) is 13.0. The number of anilines is 1. The summed E-state index contributed by atoms with van der Waals surface area (Å²) in [7, 11) is 0. The number of hydrogen-bond acceptors (Lipinski definition) is 5. The first-order valence-corrected chi connectivity index (χ1v) is 8.35. The van der Waals surface area contributed by atoms with Crippen LogP contribution in [0.2, 0.25) is 5.02 Å². The number of benzene rings is 2. The van der Waals surface area contributed by atoms with Crippen LogP contribution in [0.25, 0.3) is 0 Å². The van der Waals surface area contributed by atoms with E-state index in [0.717, 1.165) is 0 Å². The van der Waals surface area contributed by atoms with Crippen LogP contribution in [0.4, 0.5) is 5.69 Å². The van der Waals surface area contributed by atoms with E-state index in [1.54, 1.807) is 48.5 Å². The molecule has 2 amide bonds. The molecule has 0 atom stereocenters. The summed E-state index contributed by atoms with van der Waals surface area (Å²) >= 11 is 5.75. The van der Waals surface area contributed by atoms with Crippen molar-refractivity contribution in [3.63, 3.8) is 0 Å². The number of nitriles is 1. The molecule has 2 aromatic rings. The fourth-order valence-corrected chi connectivity index (χ4v) is 2.15. The summed E-state index contributed by atoms with van der Waals surface area (Å²) < 4.78 is 4.85. The molecule has 138 valence electrons. The standard InChI is InChI=1S/C19H16ClN3O4/c20-15-5-3-14(4-6-15)19(26)22-10-9-18(25)27-12-17(24)23-16-7-1-13(11-21)2-8-16/h1-8H,9-10,12H2,(H,22,26)(H,23,24). The van der Waals surface area contributed by atoms with Crippen LogP contribution in [-0.2, 0) is 14.3 Å². The molecule has 0 aliphatic heterocycles. The largest absolute Gasteiger partial charge is 0.456 e. The highest BCUT2D eigenvalue weighted by molar-refractivity contribution is 6.30. The van der Waals surface area contributed by atoms with Crippen LogP contribution in [0.5, 0.6) is 0 Å². The lowest BCUT2D eigenvalue weighted by atomic mass is 10.2. The molecule has 0 bridgehead atoms. The number of esters is 1. The van der Waals surface area contributed by atoms with Gasteiger partial charge in [-0.1, -0.05) is 11.6 Å². The Hall–Kier alpha value is -3.37. The monoisotopic (exact) mass is 385 g/mol. The van der Waals surface area contributed by atoms with Gasteiger partial charge in [0.05, 0.1) is 18.1 Å². The molecule has 2 aromatic carbocycles. The summed E-state index contributed by atoms with van der Waals surface area (Å²) in [6.07, 6.45) is -0.0660. The second-order valence-corrected chi connectivity index (χ2v) is 5.85. The maximum absolute atomic E-state index is 11.9. The van der Waals surface area contributed by atoms with Gasteiger partial charge in [-0.25, -0.2) is 0 Å². The van der Waals surface area contributed by atoms with Crippen molar-refractivity contribution in [3.05, 3.63) is 64.7 Å². The van der Waals surface area contributed by atoms with Crippen molar-refractivity contribution in [2.45, 2.75) is 6.42 Å². The lowest BCUT2D eigenvalue weighted by molar-refractivity contribution is -0.147. The molecule has 2 rings (SSSR count). The van der Waals surface area contributed by atoms with E-state index in [-0.39, 0.29) is 18.9 Å². The Morgan fingerprint density at radius 3 is 2.33 bits per heavy atom. The van der Waals surface area contributed by atoms with Gasteiger partial charge >= 0.3 is 5.97 Å². The summed E-state index contributed by atoms with van der Waals surface area (Å²) in [5, 5.41) is 14.4. The van der Waals surface area contributed by atoms with E-state index < -0.39 is 18.5 Å². The van der Waals surface area contributed by atoms with E-state index in [2.05, 4.69) is 10.6 Å². The molecule has 0 aliphatic rings. The van der Waals surface area contributed by atoms with Crippen LogP contribution >= 0.6 is 11.6 Å². The second-order valence-electron chi connectivity index (χ2n) is 5.41. The van der Waals surface area contributed by atoms with E-state index in [9.17, 15) is 14.4 Å². The summed E-state index contributed by atoms with van der Waals surface area (Å²) in [6.45, 7) is -0.360. The number of amides is 2. The van der Waals surface area contributed by atoms with Gasteiger partial charge in [0, 0.05) is 22.8 Å². The first-order valence-electron chi connectivity index (χ1n) is 7.97. The van der Waals surface area contributed by atoms with Gasteiger partial charge in [-0.15, -0.1) is 0 Å². The van der Waals surface area contributed by atoms with Crippen LogP contribution in [0, 0.1) is 11.3 Å². The minimum atomic E-state index is -0.610. The van der Waals surface area contributed by atoms with E-state index in [0.29, 0.717) is 21.8 Å². The molecular weight excluding hydrogens is 370 g/mol. The Balaban J connectivity index is 1.66. The number of ether oxygens (including phenoxy) is 1. The topological polar surface area (TPSA) is 108 Å². The zero-order valence-corrected chi connectivity index (χ0v) is 15.0. The molecular formula is C19H16ClN3O4. The van der Waals surface area contributed by atoms with Crippen LogP contribution in [0.3, 0.4) is 0 Å². The van der Waals surface area contributed by atoms with Crippen molar-refractivity contribution in [3.8, 4) is 6.07 Å². The molecule has 0 aliphatic carbocycles. The maximum Gasteiger partial charge on any atom is 0.308 e. The second kappa shape index (κ2) is 9.94. The minimum Gasteiger partial charge on any atom is -0.456 e. The molecule has 0 fully saturated rings. The van der Waals surface area contributed by atoms with Crippen molar-refractivity contribution in [2.75, 3.05) is 18.5 Å². The van der Waals surface area contributed by atoms with E-state index in [1.165, 1.54) is 0 Å². The zero-order valence-electron chi connectivity index (χ0n) is 14.2. The normalized spacial score (nSPS) is 9.78. The zero-order chi connectivity index (χ0) is 19.6. The Labute approximate surface area is 160 Å². The number of rotatable bonds is 7. The lowest BCUT2D eigenvalue weighted by Gasteiger charge is -2.07. The van der Waals surface area contributed by atoms with Crippen molar-refractivity contribution < 1.29 is 19.1 Å². The summed E-state index contributed by atoms with van der Waals surface area (Å²) in [5.74, 6) is -1.45. The molecule has 0 saturated carbocycles. The summed E-state index contributed by atoms with van der Waals surface area (Å²) in [4.78, 5) is 35.2. The molecule has 2 N–H and O–H groups in total. The Morgan fingerprint density at radius 2 is 1.70 bits per heavy atom. The number of hydrogen-bond donors (Lipinski definition) is 2. The Morgan fingerprint density at radius 1 is 1.04 bits per heavy atom. The molecule has 0 heterocycles. The average Bonchev–Trinajstić information content (AvgIpc) is 2.67. The van der Waals surface area contributed by atoms with Crippen molar-refractivity contribution in [1.29, 1.82) is 5.26 Å².